The predicted octanol–water partition coefficient (Wildman–Crippen LogP) is 3.38. The third-order valence-corrected chi connectivity index (χ3v) is 3.12. The van der Waals surface area contributed by atoms with Crippen molar-refractivity contribution in [3.8, 4) is 0 Å². The number of ether oxygens (including phenoxy) is 1. The smallest absolute Gasteiger partial charge is 0.331 e. The fraction of sp³-hybridized carbons (Fsp3) is 0.412. The van der Waals surface area contributed by atoms with Crippen LogP contribution in [0, 0.1) is 11.8 Å². The zero-order valence-corrected chi connectivity index (χ0v) is 12.7. The number of benzene rings is 1. The molecule has 1 N–H and O–H groups in total. The van der Waals surface area contributed by atoms with Crippen LogP contribution < -0.4 is 0 Å². The molecule has 21 heavy (non-hydrogen) atoms. The van der Waals surface area contributed by atoms with E-state index in [9.17, 15) is 14.7 Å². The number of carbonyl (C=O) groups excluding carboxylic acids is 1. The highest BCUT2D eigenvalue weighted by atomic mass is 16.5. The first kappa shape index (κ1) is 17.0. The Morgan fingerprint density at radius 2 is 1.81 bits per heavy atom. The lowest BCUT2D eigenvalue weighted by Gasteiger charge is -2.21. The van der Waals surface area contributed by atoms with E-state index in [1.165, 1.54) is 6.08 Å². The van der Waals surface area contributed by atoms with Gasteiger partial charge in [-0.25, -0.2) is 4.79 Å². The molecule has 0 aromatic heterocycles. The highest BCUT2D eigenvalue weighted by molar-refractivity contribution is 5.87. The molecule has 4 nitrogen and oxygen atoms in total. The maximum Gasteiger partial charge on any atom is 0.331 e. The maximum atomic E-state index is 11.7. The van der Waals surface area contributed by atoms with E-state index in [0.29, 0.717) is 6.42 Å². The minimum Gasteiger partial charge on any atom is -0.481 e. The third-order valence-electron chi connectivity index (χ3n) is 3.12. The van der Waals surface area contributed by atoms with Gasteiger partial charge in [-0.3, -0.25) is 4.79 Å². The van der Waals surface area contributed by atoms with Crippen molar-refractivity contribution >= 4 is 18.0 Å². The van der Waals surface area contributed by atoms with Crippen LogP contribution in [-0.4, -0.2) is 23.1 Å². The number of carbonyl (C=O) groups is 2. The molecule has 0 aliphatic heterocycles. The lowest BCUT2D eigenvalue weighted by molar-refractivity contribution is -0.154. The average molecular weight is 290 g/mol. The van der Waals surface area contributed by atoms with Gasteiger partial charge in [-0.15, -0.1) is 0 Å². The van der Waals surface area contributed by atoms with Crippen molar-refractivity contribution < 1.29 is 19.4 Å². The second-order valence-electron chi connectivity index (χ2n) is 5.46. The number of esters is 1. The highest BCUT2D eigenvalue weighted by Gasteiger charge is 2.27. The normalized spacial score (nSPS) is 14.1. The molecule has 0 spiro atoms. The van der Waals surface area contributed by atoms with Crippen LogP contribution in [-0.2, 0) is 14.3 Å². The summed E-state index contributed by atoms with van der Waals surface area (Å²) in [4.78, 5) is 23.0. The molecule has 1 aromatic carbocycles. The summed E-state index contributed by atoms with van der Waals surface area (Å²) in [5, 5.41) is 9.20. The van der Waals surface area contributed by atoms with Crippen molar-refractivity contribution in [1.29, 1.82) is 0 Å². The van der Waals surface area contributed by atoms with Gasteiger partial charge in [0.05, 0.1) is 5.92 Å². The molecule has 0 aliphatic carbocycles. The standard InChI is InChI=1S/C17H22O4/c1-12(2)11-15(17(19)20)13(3)21-16(18)10-9-14-7-5-4-6-8-14/h4-10,12-13,15H,11H2,1-3H3,(H,19,20)/b10-9+. The molecule has 0 radical (unpaired) electrons. The van der Waals surface area contributed by atoms with Crippen LogP contribution in [0.5, 0.6) is 0 Å². The van der Waals surface area contributed by atoms with Gasteiger partial charge in [0, 0.05) is 6.08 Å². The number of carboxylic acids is 1. The Hall–Kier alpha value is -2.10. The van der Waals surface area contributed by atoms with Crippen LogP contribution in [0.4, 0.5) is 0 Å². The van der Waals surface area contributed by atoms with E-state index in [-0.39, 0.29) is 5.92 Å². The monoisotopic (exact) mass is 290 g/mol. The second-order valence-corrected chi connectivity index (χ2v) is 5.46. The lowest BCUT2D eigenvalue weighted by Crippen LogP contribution is -2.31. The fourth-order valence-electron chi connectivity index (χ4n) is 2.03. The summed E-state index contributed by atoms with van der Waals surface area (Å²) < 4.78 is 5.19. The molecule has 1 rings (SSSR count). The summed E-state index contributed by atoms with van der Waals surface area (Å²) in [7, 11) is 0. The number of aliphatic carboxylic acids is 1. The molecule has 0 bridgehead atoms. The van der Waals surface area contributed by atoms with Crippen LogP contribution in [0.25, 0.3) is 6.08 Å². The van der Waals surface area contributed by atoms with Crippen LogP contribution >= 0.6 is 0 Å². The Morgan fingerprint density at radius 3 is 2.33 bits per heavy atom. The SMILES string of the molecule is CC(C)CC(C(=O)O)C(C)OC(=O)/C=C/c1ccccc1. The number of carboxylic acid groups (broad SMARTS) is 1. The first-order valence-corrected chi connectivity index (χ1v) is 7.06. The fourth-order valence-corrected chi connectivity index (χ4v) is 2.03. The van der Waals surface area contributed by atoms with Gasteiger partial charge in [0.2, 0.25) is 0 Å². The summed E-state index contributed by atoms with van der Waals surface area (Å²) in [5.74, 6) is -1.91. The van der Waals surface area contributed by atoms with E-state index in [4.69, 9.17) is 4.74 Å². The van der Waals surface area contributed by atoms with Crippen molar-refractivity contribution in [1.82, 2.24) is 0 Å². The minimum atomic E-state index is -0.934. The van der Waals surface area contributed by atoms with E-state index in [1.807, 2.05) is 44.2 Å². The van der Waals surface area contributed by atoms with Crippen LogP contribution in [0.1, 0.15) is 32.8 Å². The third kappa shape index (κ3) is 6.25. The Morgan fingerprint density at radius 1 is 1.19 bits per heavy atom. The molecule has 2 atom stereocenters. The molecular formula is C17H22O4. The van der Waals surface area contributed by atoms with Gasteiger partial charge in [-0.1, -0.05) is 44.2 Å². The summed E-state index contributed by atoms with van der Waals surface area (Å²) in [5.41, 5.74) is 0.888. The summed E-state index contributed by atoms with van der Waals surface area (Å²) >= 11 is 0. The Balaban J connectivity index is 2.60. The number of rotatable bonds is 7. The molecule has 0 heterocycles. The number of hydrogen-bond donors (Lipinski definition) is 1. The van der Waals surface area contributed by atoms with Gasteiger partial charge in [0.15, 0.2) is 0 Å². The van der Waals surface area contributed by atoms with E-state index in [0.717, 1.165) is 5.56 Å². The van der Waals surface area contributed by atoms with Gasteiger partial charge in [-0.2, -0.15) is 0 Å². The van der Waals surface area contributed by atoms with Gasteiger partial charge in [0.25, 0.3) is 0 Å². The van der Waals surface area contributed by atoms with Crippen molar-refractivity contribution in [2.45, 2.75) is 33.3 Å². The summed E-state index contributed by atoms with van der Waals surface area (Å²) in [6.07, 6.45) is 2.79. The summed E-state index contributed by atoms with van der Waals surface area (Å²) in [6.45, 7) is 5.51. The molecule has 4 heteroatoms. The van der Waals surface area contributed by atoms with E-state index in [1.54, 1.807) is 13.0 Å². The molecule has 114 valence electrons. The van der Waals surface area contributed by atoms with Gasteiger partial charge in [-0.05, 0) is 30.9 Å². The van der Waals surface area contributed by atoms with Crippen LogP contribution in [0.2, 0.25) is 0 Å². The molecule has 0 saturated heterocycles. The van der Waals surface area contributed by atoms with Crippen molar-refractivity contribution in [2.75, 3.05) is 0 Å². The Bertz CT molecular complexity index is 491. The molecule has 0 aliphatic rings. The van der Waals surface area contributed by atoms with Crippen LogP contribution in [0.3, 0.4) is 0 Å². The highest BCUT2D eigenvalue weighted by Crippen LogP contribution is 2.18. The van der Waals surface area contributed by atoms with Crippen molar-refractivity contribution in [2.24, 2.45) is 11.8 Å². The predicted molar refractivity (Wildman–Crippen MR) is 81.6 cm³/mol. The largest absolute Gasteiger partial charge is 0.481 e. The average Bonchev–Trinajstić information content (AvgIpc) is 2.43. The molecule has 2 unspecified atom stereocenters. The van der Waals surface area contributed by atoms with Crippen LogP contribution in [0.15, 0.2) is 36.4 Å². The topological polar surface area (TPSA) is 63.6 Å². The molecule has 0 amide bonds. The maximum absolute atomic E-state index is 11.7. The Kier molecular flexibility index (Phi) is 6.66. The summed E-state index contributed by atoms with van der Waals surface area (Å²) in [6, 6.07) is 9.37. The molecule has 0 saturated carbocycles. The molecule has 1 aromatic rings. The minimum absolute atomic E-state index is 0.229. The van der Waals surface area contributed by atoms with Gasteiger partial charge < -0.3 is 9.84 Å². The molecular weight excluding hydrogens is 268 g/mol. The lowest BCUT2D eigenvalue weighted by atomic mass is 9.93. The van der Waals surface area contributed by atoms with E-state index < -0.39 is 24.0 Å². The molecule has 0 fully saturated rings. The first-order valence-electron chi connectivity index (χ1n) is 7.06. The second kappa shape index (κ2) is 8.25. The zero-order valence-electron chi connectivity index (χ0n) is 12.7. The van der Waals surface area contributed by atoms with Gasteiger partial charge >= 0.3 is 11.9 Å². The van der Waals surface area contributed by atoms with Crippen molar-refractivity contribution in [3.63, 3.8) is 0 Å². The van der Waals surface area contributed by atoms with Crippen molar-refractivity contribution in [3.05, 3.63) is 42.0 Å². The quantitative estimate of drug-likeness (QED) is 0.617. The van der Waals surface area contributed by atoms with E-state index in [2.05, 4.69) is 0 Å². The first-order chi connectivity index (χ1) is 9.90. The Labute approximate surface area is 125 Å². The number of hydrogen-bond acceptors (Lipinski definition) is 3. The zero-order chi connectivity index (χ0) is 15.8. The van der Waals surface area contributed by atoms with Gasteiger partial charge in [0.1, 0.15) is 6.10 Å². The van der Waals surface area contributed by atoms with E-state index >= 15 is 0 Å².